The minimum Gasteiger partial charge on any atom is -0.493 e. The molecular formula is C28H28FNO5. The molecule has 0 unspecified atom stereocenters. The minimum absolute atomic E-state index is 0.136. The van der Waals surface area contributed by atoms with E-state index < -0.39 is 12.1 Å². The number of hydrogen-bond acceptors (Lipinski definition) is 4. The van der Waals surface area contributed by atoms with Crippen LogP contribution in [0, 0.1) is 5.82 Å². The number of carboxylic acid groups (broad SMARTS) is 1. The second-order valence-corrected chi connectivity index (χ2v) is 8.41. The first-order valence-electron chi connectivity index (χ1n) is 11.7. The third-order valence-corrected chi connectivity index (χ3v) is 6.06. The molecule has 0 saturated heterocycles. The van der Waals surface area contributed by atoms with Crippen molar-refractivity contribution in [2.24, 2.45) is 0 Å². The molecule has 182 valence electrons. The summed E-state index contributed by atoms with van der Waals surface area (Å²) in [5, 5.41) is 9.23. The first-order chi connectivity index (χ1) is 17.0. The van der Waals surface area contributed by atoms with Crippen molar-refractivity contribution in [3.63, 3.8) is 0 Å². The zero-order chi connectivity index (χ0) is 24.8. The average molecular weight is 478 g/mol. The fourth-order valence-corrected chi connectivity index (χ4v) is 4.39. The number of hydrogen-bond donors (Lipinski definition) is 1. The molecule has 0 radical (unpaired) electrons. The number of amides is 1. The second kappa shape index (κ2) is 11.0. The molecule has 0 fully saturated rings. The van der Waals surface area contributed by atoms with Gasteiger partial charge in [-0.25, -0.2) is 9.18 Å². The van der Waals surface area contributed by atoms with Crippen molar-refractivity contribution in [3.05, 3.63) is 88.7 Å². The van der Waals surface area contributed by atoms with E-state index in [0.29, 0.717) is 54.0 Å². The van der Waals surface area contributed by atoms with Gasteiger partial charge in [0, 0.05) is 25.1 Å². The Morgan fingerprint density at radius 1 is 1.00 bits per heavy atom. The Hall–Kier alpha value is -3.87. The molecular weight excluding hydrogens is 449 g/mol. The van der Waals surface area contributed by atoms with E-state index in [1.807, 2.05) is 37.3 Å². The summed E-state index contributed by atoms with van der Waals surface area (Å²) in [5.74, 6) is -0.677. The summed E-state index contributed by atoms with van der Waals surface area (Å²) in [6.07, 6.45) is 0.404. The van der Waals surface area contributed by atoms with Gasteiger partial charge in [-0.1, -0.05) is 42.5 Å². The van der Waals surface area contributed by atoms with E-state index in [4.69, 9.17) is 9.47 Å². The summed E-state index contributed by atoms with van der Waals surface area (Å²) in [6, 6.07) is 18.1. The quantitative estimate of drug-likeness (QED) is 0.479. The zero-order valence-corrected chi connectivity index (χ0v) is 19.6. The molecule has 7 heteroatoms. The van der Waals surface area contributed by atoms with Crippen LogP contribution in [0.5, 0.6) is 5.75 Å². The van der Waals surface area contributed by atoms with Crippen LogP contribution < -0.4 is 4.74 Å². The Balaban J connectivity index is 1.59. The summed E-state index contributed by atoms with van der Waals surface area (Å²) in [7, 11) is 0. The van der Waals surface area contributed by atoms with Crippen LogP contribution >= 0.6 is 0 Å². The van der Waals surface area contributed by atoms with E-state index in [2.05, 4.69) is 0 Å². The van der Waals surface area contributed by atoms with Gasteiger partial charge < -0.3 is 19.5 Å². The fourth-order valence-electron chi connectivity index (χ4n) is 4.39. The van der Waals surface area contributed by atoms with E-state index in [9.17, 15) is 19.1 Å². The van der Waals surface area contributed by atoms with Crippen LogP contribution in [0.15, 0.2) is 60.7 Å². The molecule has 0 saturated carbocycles. The number of fused-ring (bicyclic) bond motifs is 1. The number of carbonyl (C=O) groups is 2. The van der Waals surface area contributed by atoms with Gasteiger partial charge in [0.15, 0.2) is 0 Å². The van der Waals surface area contributed by atoms with Crippen molar-refractivity contribution < 1.29 is 28.6 Å². The molecule has 35 heavy (non-hydrogen) atoms. The van der Waals surface area contributed by atoms with Gasteiger partial charge >= 0.3 is 12.1 Å². The fraction of sp³-hybridized carbons (Fsp3) is 0.286. The van der Waals surface area contributed by atoms with Crippen molar-refractivity contribution in [2.75, 3.05) is 19.8 Å². The number of halogens is 1. The Morgan fingerprint density at radius 2 is 1.80 bits per heavy atom. The molecule has 0 spiro atoms. The van der Waals surface area contributed by atoms with Crippen LogP contribution in [-0.4, -0.2) is 41.8 Å². The number of nitrogens with zero attached hydrogens (tertiary/aromatic N) is 1. The Morgan fingerprint density at radius 3 is 2.54 bits per heavy atom. The Bertz CT molecular complexity index is 1210. The molecule has 0 atom stereocenters. The van der Waals surface area contributed by atoms with Crippen LogP contribution in [-0.2, 0) is 35.3 Å². The summed E-state index contributed by atoms with van der Waals surface area (Å²) >= 11 is 0. The normalized spacial score (nSPS) is 12.7. The predicted octanol–water partition coefficient (Wildman–Crippen LogP) is 5.26. The van der Waals surface area contributed by atoms with Gasteiger partial charge in [0.25, 0.3) is 0 Å². The van der Waals surface area contributed by atoms with E-state index in [1.165, 1.54) is 6.07 Å². The maximum absolute atomic E-state index is 14.7. The molecule has 1 heterocycles. The molecule has 3 aromatic rings. The number of aliphatic carboxylic acids is 1. The number of carboxylic acids is 1. The van der Waals surface area contributed by atoms with E-state index in [1.54, 1.807) is 29.2 Å². The van der Waals surface area contributed by atoms with Gasteiger partial charge in [-0.15, -0.1) is 0 Å². The highest BCUT2D eigenvalue weighted by Crippen LogP contribution is 2.38. The minimum atomic E-state index is -0.939. The number of ether oxygens (including phenoxy) is 2. The van der Waals surface area contributed by atoms with Crippen molar-refractivity contribution in [1.29, 1.82) is 0 Å². The van der Waals surface area contributed by atoms with Crippen LogP contribution in [0.4, 0.5) is 9.18 Å². The van der Waals surface area contributed by atoms with Gasteiger partial charge in [0.1, 0.15) is 11.6 Å². The van der Waals surface area contributed by atoms with Crippen molar-refractivity contribution >= 4 is 12.1 Å². The van der Waals surface area contributed by atoms with Gasteiger partial charge in [-0.3, -0.25) is 4.79 Å². The van der Waals surface area contributed by atoms with Crippen molar-refractivity contribution in [2.45, 2.75) is 32.7 Å². The average Bonchev–Trinajstić information content (AvgIpc) is 2.85. The summed E-state index contributed by atoms with van der Waals surface area (Å²) in [5.41, 5.74) is 4.34. The highest BCUT2D eigenvalue weighted by Gasteiger charge is 2.27. The molecule has 0 aromatic heterocycles. The molecule has 0 bridgehead atoms. The van der Waals surface area contributed by atoms with E-state index in [-0.39, 0.29) is 25.4 Å². The lowest BCUT2D eigenvalue weighted by Gasteiger charge is -2.30. The van der Waals surface area contributed by atoms with Crippen LogP contribution in [0.3, 0.4) is 0 Å². The Labute approximate surface area is 203 Å². The largest absolute Gasteiger partial charge is 0.493 e. The molecule has 3 aromatic carbocycles. The van der Waals surface area contributed by atoms with Crippen LogP contribution in [0.1, 0.15) is 29.2 Å². The van der Waals surface area contributed by atoms with Crippen molar-refractivity contribution in [3.8, 4) is 16.9 Å². The standard InChI is InChI=1S/C28H28FNO5/c1-2-34-26-11-8-20(17-27(31)32)16-23(26)21-9-10-25(29)22-12-14-30(18-24(21)22)28(33)35-15-13-19-6-4-3-5-7-19/h3-11,16H,2,12-15,17-18H2,1H3,(H,31,32). The van der Waals surface area contributed by atoms with Gasteiger partial charge in [0.2, 0.25) is 0 Å². The lowest BCUT2D eigenvalue weighted by atomic mass is 9.89. The first kappa shape index (κ1) is 24.3. The maximum atomic E-state index is 14.7. The number of carbonyl (C=O) groups excluding carboxylic acids is 1. The molecule has 1 amide bonds. The summed E-state index contributed by atoms with van der Waals surface area (Å²) in [4.78, 5) is 25.6. The van der Waals surface area contributed by atoms with Crippen LogP contribution in [0.2, 0.25) is 0 Å². The first-order valence-corrected chi connectivity index (χ1v) is 11.7. The number of rotatable bonds is 8. The number of benzene rings is 3. The predicted molar refractivity (Wildman–Crippen MR) is 130 cm³/mol. The van der Waals surface area contributed by atoms with Gasteiger partial charge in [-0.05, 0) is 59.4 Å². The molecule has 1 aliphatic heterocycles. The monoisotopic (exact) mass is 477 g/mol. The molecule has 0 aliphatic carbocycles. The summed E-state index contributed by atoms with van der Waals surface area (Å²) < 4.78 is 26.0. The zero-order valence-electron chi connectivity index (χ0n) is 19.6. The molecule has 4 rings (SSSR count). The van der Waals surface area contributed by atoms with Gasteiger partial charge in [-0.2, -0.15) is 0 Å². The lowest BCUT2D eigenvalue weighted by molar-refractivity contribution is -0.136. The highest BCUT2D eigenvalue weighted by atomic mass is 19.1. The maximum Gasteiger partial charge on any atom is 0.410 e. The van der Waals surface area contributed by atoms with Crippen molar-refractivity contribution in [1.82, 2.24) is 4.90 Å². The smallest absolute Gasteiger partial charge is 0.410 e. The Kier molecular flexibility index (Phi) is 7.65. The third kappa shape index (κ3) is 5.80. The molecule has 1 aliphatic rings. The molecule has 1 N–H and O–H groups in total. The van der Waals surface area contributed by atoms with Crippen LogP contribution in [0.25, 0.3) is 11.1 Å². The van der Waals surface area contributed by atoms with E-state index >= 15 is 0 Å². The SMILES string of the molecule is CCOc1ccc(CC(=O)O)cc1-c1ccc(F)c2c1CN(C(=O)OCCc1ccccc1)CC2. The molecule has 6 nitrogen and oxygen atoms in total. The lowest BCUT2D eigenvalue weighted by Crippen LogP contribution is -2.37. The van der Waals surface area contributed by atoms with Gasteiger partial charge in [0.05, 0.1) is 19.6 Å². The summed E-state index contributed by atoms with van der Waals surface area (Å²) in [6.45, 7) is 3.10. The second-order valence-electron chi connectivity index (χ2n) is 8.41. The highest BCUT2D eigenvalue weighted by molar-refractivity contribution is 5.78. The van der Waals surface area contributed by atoms with E-state index in [0.717, 1.165) is 11.1 Å². The topological polar surface area (TPSA) is 76.1 Å². The third-order valence-electron chi connectivity index (χ3n) is 6.06.